The van der Waals surface area contributed by atoms with Crippen molar-refractivity contribution in [2.45, 2.75) is 51.5 Å². The van der Waals surface area contributed by atoms with Crippen LogP contribution in [0.1, 0.15) is 44.3 Å². The molecule has 114 valence electrons. The van der Waals surface area contributed by atoms with Gasteiger partial charge in [-0.3, -0.25) is 4.99 Å². The Bertz CT molecular complexity index is 460. The Hall–Kier alpha value is -0.370. The number of guanidine groups is 1. The molecule has 1 saturated carbocycles. The molecule has 6 heteroatoms. The molecule has 0 radical (unpaired) electrons. The van der Waals surface area contributed by atoms with Gasteiger partial charge in [0.15, 0.2) is 5.96 Å². The summed E-state index contributed by atoms with van der Waals surface area (Å²) in [6.45, 7) is 7.28. The highest BCUT2D eigenvalue weighted by Crippen LogP contribution is 2.25. The van der Waals surface area contributed by atoms with Crippen LogP contribution in [-0.2, 0) is 11.8 Å². The molecule has 1 aromatic rings. The van der Waals surface area contributed by atoms with Crippen molar-refractivity contribution in [1.29, 1.82) is 0 Å². The molecule has 0 unspecified atom stereocenters. The van der Waals surface area contributed by atoms with Gasteiger partial charge in [-0.25, -0.2) is 4.98 Å². The molecule has 0 atom stereocenters. The number of rotatable bonds is 4. The Labute approximate surface area is 142 Å². The fourth-order valence-corrected chi connectivity index (χ4v) is 2.81. The summed E-state index contributed by atoms with van der Waals surface area (Å²) in [6, 6.07) is 0.621. The maximum Gasteiger partial charge on any atom is 0.191 e. The third kappa shape index (κ3) is 4.87. The SMILES string of the molecule is CN(C(N)=NCCc1nc(C(C)(C)C)cs1)C1CC1.I. The lowest BCUT2D eigenvalue weighted by atomic mass is 9.93. The van der Waals surface area contributed by atoms with Crippen LogP contribution in [0.2, 0.25) is 0 Å². The van der Waals surface area contributed by atoms with E-state index in [-0.39, 0.29) is 29.4 Å². The van der Waals surface area contributed by atoms with Crippen molar-refractivity contribution >= 4 is 41.3 Å². The van der Waals surface area contributed by atoms with E-state index in [0.29, 0.717) is 12.0 Å². The summed E-state index contributed by atoms with van der Waals surface area (Å²) >= 11 is 1.72. The number of hydrogen-bond acceptors (Lipinski definition) is 3. The minimum Gasteiger partial charge on any atom is -0.370 e. The molecule has 1 heterocycles. The summed E-state index contributed by atoms with van der Waals surface area (Å²) in [5.74, 6) is 0.662. The number of halogens is 1. The van der Waals surface area contributed by atoms with Gasteiger partial charge < -0.3 is 10.6 Å². The largest absolute Gasteiger partial charge is 0.370 e. The second-order valence-electron chi connectivity index (χ2n) is 6.21. The van der Waals surface area contributed by atoms with E-state index >= 15 is 0 Å². The van der Waals surface area contributed by atoms with Crippen molar-refractivity contribution in [3.8, 4) is 0 Å². The zero-order chi connectivity index (χ0) is 14.0. The highest BCUT2D eigenvalue weighted by Gasteiger charge is 2.27. The second-order valence-corrected chi connectivity index (χ2v) is 7.15. The smallest absolute Gasteiger partial charge is 0.191 e. The standard InChI is InChI=1S/C14H24N4S.HI/c1-14(2,3)11-9-19-12(17-11)7-8-16-13(15)18(4)10-5-6-10;/h9-10H,5-8H2,1-4H3,(H2,15,16);1H. The Morgan fingerprint density at radius 3 is 2.65 bits per heavy atom. The van der Waals surface area contributed by atoms with Crippen LogP contribution in [0.4, 0.5) is 0 Å². The first-order valence-electron chi connectivity index (χ1n) is 6.85. The predicted octanol–water partition coefficient (Wildman–Crippen LogP) is 3.01. The zero-order valence-electron chi connectivity index (χ0n) is 12.7. The highest BCUT2D eigenvalue weighted by molar-refractivity contribution is 14.0. The minimum absolute atomic E-state index is 0. The van der Waals surface area contributed by atoms with Crippen molar-refractivity contribution in [2.75, 3.05) is 13.6 Å². The molecule has 2 rings (SSSR count). The normalized spacial score (nSPS) is 15.9. The third-order valence-electron chi connectivity index (χ3n) is 3.38. The van der Waals surface area contributed by atoms with Crippen molar-refractivity contribution in [3.63, 3.8) is 0 Å². The molecule has 0 bridgehead atoms. The summed E-state index contributed by atoms with van der Waals surface area (Å²) in [5.41, 5.74) is 7.25. The quantitative estimate of drug-likeness (QED) is 0.474. The second kappa shape index (κ2) is 7.06. The molecule has 20 heavy (non-hydrogen) atoms. The molecule has 0 aliphatic heterocycles. The monoisotopic (exact) mass is 408 g/mol. The zero-order valence-corrected chi connectivity index (χ0v) is 15.9. The molecule has 1 aliphatic carbocycles. The lowest BCUT2D eigenvalue weighted by Crippen LogP contribution is -2.35. The van der Waals surface area contributed by atoms with E-state index in [1.807, 2.05) is 7.05 Å². The van der Waals surface area contributed by atoms with Crippen LogP contribution >= 0.6 is 35.3 Å². The van der Waals surface area contributed by atoms with Crippen LogP contribution in [0.25, 0.3) is 0 Å². The molecule has 1 aromatic heterocycles. The molecule has 1 fully saturated rings. The van der Waals surface area contributed by atoms with Gasteiger partial charge in [0, 0.05) is 36.9 Å². The van der Waals surface area contributed by atoms with E-state index in [1.54, 1.807) is 11.3 Å². The first kappa shape index (κ1) is 17.7. The maximum absolute atomic E-state index is 5.96. The van der Waals surface area contributed by atoms with Gasteiger partial charge >= 0.3 is 0 Å². The van der Waals surface area contributed by atoms with E-state index in [1.165, 1.54) is 18.5 Å². The van der Waals surface area contributed by atoms with Gasteiger partial charge in [0.2, 0.25) is 0 Å². The number of hydrogen-bond donors (Lipinski definition) is 1. The molecule has 4 nitrogen and oxygen atoms in total. The minimum atomic E-state index is 0. The Morgan fingerprint density at radius 2 is 2.15 bits per heavy atom. The van der Waals surface area contributed by atoms with Crippen LogP contribution in [0.5, 0.6) is 0 Å². The summed E-state index contributed by atoms with van der Waals surface area (Å²) in [6.07, 6.45) is 3.36. The average Bonchev–Trinajstić information content (AvgIpc) is 3.06. The number of thiazole rings is 1. The van der Waals surface area contributed by atoms with Gasteiger partial charge in [-0.15, -0.1) is 35.3 Å². The van der Waals surface area contributed by atoms with Crippen molar-refractivity contribution < 1.29 is 0 Å². The first-order valence-corrected chi connectivity index (χ1v) is 7.73. The van der Waals surface area contributed by atoms with Crippen LogP contribution in [-0.4, -0.2) is 35.5 Å². The van der Waals surface area contributed by atoms with Crippen LogP contribution < -0.4 is 5.73 Å². The number of aromatic nitrogens is 1. The fourth-order valence-electron chi connectivity index (χ4n) is 1.80. The molecular formula is C14H25IN4S. The van der Waals surface area contributed by atoms with Crippen molar-refractivity contribution in [1.82, 2.24) is 9.88 Å². The van der Waals surface area contributed by atoms with E-state index in [0.717, 1.165) is 18.0 Å². The number of nitrogens with zero attached hydrogens (tertiary/aromatic N) is 3. The summed E-state index contributed by atoms with van der Waals surface area (Å²) < 4.78 is 0. The van der Waals surface area contributed by atoms with Gasteiger partial charge in [0.1, 0.15) is 0 Å². The van der Waals surface area contributed by atoms with Crippen molar-refractivity contribution in [2.24, 2.45) is 10.7 Å². The topological polar surface area (TPSA) is 54.5 Å². The van der Waals surface area contributed by atoms with Crippen LogP contribution in [0, 0.1) is 0 Å². The molecule has 1 aliphatic rings. The van der Waals surface area contributed by atoms with Crippen LogP contribution in [0.15, 0.2) is 10.4 Å². The Morgan fingerprint density at radius 1 is 1.50 bits per heavy atom. The molecule has 0 amide bonds. The van der Waals surface area contributed by atoms with E-state index in [4.69, 9.17) is 5.73 Å². The Kier molecular flexibility index (Phi) is 6.25. The lowest BCUT2D eigenvalue weighted by Gasteiger charge is -2.16. The first-order chi connectivity index (χ1) is 8.88. The van der Waals surface area contributed by atoms with Gasteiger partial charge in [-0.2, -0.15) is 0 Å². The van der Waals surface area contributed by atoms with Crippen molar-refractivity contribution in [3.05, 3.63) is 16.1 Å². The number of nitrogens with two attached hydrogens (primary N) is 1. The summed E-state index contributed by atoms with van der Waals surface area (Å²) in [5, 5.41) is 3.30. The van der Waals surface area contributed by atoms with Gasteiger partial charge in [0.25, 0.3) is 0 Å². The van der Waals surface area contributed by atoms with Crippen LogP contribution in [0.3, 0.4) is 0 Å². The molecule has 0 aromatic carbocycles. The molecular weight excluding hydrogens is 383 g/mol. The van der Waals surface area contributed by atoms with E-state index in [2.05, 4.69) is 41.0 Å². The highest BCUT2D eigenvalue weighted by atomic mass is 127. The molecule has 2 N–H and O–H groups in total. The Balaban J connectivity index is 0.00000200. The predicted molar refractivity (Wildman–Crippen MR) is 97.2 cm³/mol. The van der Waals surface area contributed by atoms with E-state index in [9.17, 15) is 0 Å². The fraction of sp³-hybridized carbons (Fsp3) is 0.714. The van der Waals surface area contributed by atoms with Gasteiger partial charge in [-0.1, -0.05) is 20.8 Å². The number of aliphatic imine (C=N–C) groups is 1. The van der Waals surface area contributed by atoms with E-state index < -0.39 is 0 Å². The third-order valence-corrected chi connectivity index (χ3v) is 4.28. The molecule has 0 spiro atoms. The lowest BCUT2D eigenvalue weighted by molar-refractivity contribution is 0.487. The molecule has 0 saturated heterocycles. The van der Waals surface area contributed by atoms with Gasteiger partial charge in [0.05, 0.1) is 10.7 Å². The van der Waals surface area contributed by atoms with Gasteiger partial charge in [-0.05, 0) is 12.8 Å². The average molecular weight is 408 g/mol. The maximum atomic E-state index is 5.96. The summed E-state index contributed by atoms with van der Waals surface area (Å²) in [4.78, 5) is 11.2. The summed E-state index contributed by atoms with van der Waals surface area (Å²) in [7, 11) is 2.03.